The highest BCUT2D eigenvalue weighted by molar-refractivity contribution is 5.96. The second-order valence-electron chi connectivity index (χ2n) is 3.06. The molecule has 1 rings (SSSR count). The molecule has 0 saturated heterocycles. The van der Waals surface area contributed by atoms with Gasteiger partial charge in [0.25, 0.3) is 0 Å². The summed E-state index contributed by atoms with van der Waals surface area (Å²) < 4.78 is 12.4. The lowest BCUT2D eigenvalue weighted by atomic mass is 10.2. The minimum absolute atomic E-state index is 0.257. The van der Waals surface area contributed by atoms with Gasteiger partial charge in [0.05, 0.1) is 24.3 Å². The van der Waals surface area contributed by atoms with Crippen molar-refractivity contribution in [2.75, 3.05) is 5.32 Å². The minimum Gasteiger partial charge on any atom is -0.481 e. The molecule has 0 aromatic carbocycles. The number of aromatic nitrogens is 1. The van der Waals surface area contributed by atoms with Crippen LogP contribution in [-0.2, 0) is 9.59 Å². The molecule has 1 heterocycles. The third-order valence-electron chi connectivity index (χ3n) is 1.73. The van der Waals surface area contributed by atoms with Gasteiger partial charge in [-0.2, -0.15) is 4.39 Å². The molecule has 0 fully saturated rings. The fourth-order valence-corrected chi connectivity index (χ4v) is 0.966. The number of nitrogens with two attached hydrogens (primary N) is 1. The number of aliphatic carboxylic acids is 1. The molecule has 86 valence electrons. The van der Waals surface area contributed by atoms with Gasteiger partial charge in [-0.1, -0.05) is 0 Å². The first-order chi connectivity index (χ1) is 7.49. The van der Waals surface area contributed by atoms with E-state index in [9.17, 15) is 14.0 Å². The van der Waals surface area contributed by atoms with Crippen LogP contribution < -0.4 is 11.1 Å². The molecule has 7 heteroatoms. The van der Waals surface area contributed by atoms with Gasteiger partial charge in [0.1, 0.15) is 0 Å². The van der Waals surface area contributed by atoms with E-state index < -0.39 is 30.3 Å². The van der Waals surface area contributed by atoms with Gasteiger partial charge in [-0.3, -0.25) is 9.59 Å². The molecule has 1 aromatic heterocycles. The highest BCUT2D eigenvalue weighted by atomic mass is 19.1. The molecular formula is C9H10FN3O3. The zero-order valence-electron chi connectivity index (χ0n) is 8.18. The number of carboxylic acids is 1. The lowest BCUT2D eigenvalue weighted by Crippen LogP contribution is -2.37. The van der Waals surface area contributed by atoms with Gasteiger partial charge in [-0.05, 0) is 12.1 Å². The van der Waals surface area contributed by atoms with Gasteiger partial charge in [0.2, 0.25) is 11.9 Å². The van der Waals surface area contributed by atoms with Crippen molar-refractivity contribution < 1.29 is 19.1 Å². The zero-order valence-corrected chi connectivity index (χ0v) is 8.18. The summed E-state index contributed by atoms with van der Waals surface area (Å²) in [7, 11) is 0. The molecule has 0 aliphatic rings. The number of anilines is 1. The number of carbonyl (C=O) groups excluding carboxylic acids is 1. The maximum atomic E-state index is 12.4. The Hall–Kier alpha value is -2.02. The maximum Gasteiger partial charge on any atom is 0.305 e. The normalized spacial score (nSPS) is 11.9. The molecule has 0 bridgehead atoms. The number of hydrogen-bond acceptors (Lipinski definition) is 4. The Morgan fingerprint density at radius 3 is 2.75 bits per heavy atom. The summed E-state index contributed by atoms with van der Waals surface area (Å²) >= 11 is 0. The number of rotatable bonds is 4. The van der Waals surface area contributed by atoms with E-state index in [-0.39, 0.29) is 5.69 Å². The number of amides is 1. The van der Waals surface area contributed by atoms with E-state index >= 15 is 0 Å². The van der Waals surface area contributed by atoms with Crippen LogP contribution in [0.5, 0.6) is 0 Å². The summed E-state index contributed by atoms with van der Waals surface area (Å²) in [6.07, 6.45) is 0.640. The van der Waals surface area contributed by atoms with E-state index in [1.54, 1.807) is 0 Å². The number of carbonyl (C=O) groups is 2. The zero-order chi connectivity index (χ0) is 12.1. The predicted octanol–water partition coefficient (Wildman–Crippen LogP) is -0.0388. The van der Waals surface area contributed by atoms with E-state index in [0.29, 0.717) is 0 Å². The van der Waals surface area contributed by atoms with Gasteiger partial charge < -0.3 is 16.2 Å². The lowest BCUT2D eigenvalue weighted by molar-refractivity contribution is -0.138. The highest BCUT2D eigenvalue weighted by Gasteiger charge is 2.16. The Bertz CT molecular complexity index is 393. The Kier molecular flexibility index (Phi) is 3.90. The summed E-state index contributed by atoms with van der Waals surface area (Å²) in [4.78, 5) is 24.9. The topological polar surface area (TPSA) is 105 Å². The number of hydrogen-bond donors (Lipinski definition) is 3. The second kappa shape index (κ2) is 5.17. The molecule has 16 heavy (non-hydrogen) atoms. The van der Waals surface area contributed by atoms with Crippen molar-refractivity contribution in [1.82, 2.24) is 4.98 Å². The highest BCUT2D eigenvalue weighted by Crippen LogP contribution is 2.05. The van der Waals surface area contributed by atoms with Crippen LogP contribution in [-0.4, -0.2) is 28.0 Å². The van der Waals surface area contributed by atoms with E-state index in [4.69, 9.17) is 10.8 Å². The van der Waals surface area contributed by atoms with E-state index in [1.165, 1.54) is 6.07 Å². The summed E-state index contributed by atoms with van der Waals surface area (Å²) in [5.74, 6) is -2.50. The van der Waals surface area contributed by atoms with Crippen molar-refractivity contribution in [3.05, 3.63) is 24.3 Å². The van der Waals surface area contributed by atoms with Gasteiger partial charge in [0.15, 0.2) is 0 Å². The van der Waals surface area contributed by atoms with Crippen molar-refractivity contribution in [2.24, 2.45) is 5.73 Å². The van der Waals surface area contributed by atoms with Crippen molar-refractivity contribution in [3.63, 3.8) is 0 Å². The first kappa shape index (κ1) is 12.1. The molecule has 6 nitrogen and oxygen atoms in total. The number of nitrogens with one attached hydrogen (secondary N) is 1. The molecule has 1 atom stereocenters. The molecule has 0 aliphatic heterocycles. The van der Waals surface area contributed by atoms with Crippen LogP contribution in [0.4, 0.5) is 10.1 Å². The SMILES string of the molecule is NC(CC(=O)O)C(=O)Nc1ccc(F)nc1. The van der Waals surface area contributed by atoms with Crippen LogP contribution >= 0.6 is 0 Å². The maximum absolute atomic E-state index is 12.4. The third-order valence-corrected chi connectivity index (χ3v) is 1.73. The van der Waals surface area contributed by atoms with Crippen LogP contribution in [0.2, 0.25) is 0 Å². The first-order valence-corrected chi connectivity index (χ1v) is 4.39. The van der Waals surface area contributed by atoms with Crippen LogP contribution in [0, 0.1) is 5.95 Å². The van der Waals surface area contributed by atoms with Crippen molar-refractivity contribution in [2.45, 2.75) is 12.5 Å². The molecule has 0 saturated carbocycles. The Morgan fingerprint density at radius 2 is 2.25 bits per heavy atom. The first-order valence-electron chi connectivity index (χ1n) is 4.39. The van der Waals surface area contributed by atoms with Crippen molar-refractivity contribution in [1.29, 1.82) is 0 Å². The Labute approximate surface area is 90.3 Å². The molecule has 1 aromatic rings. The predicted molar refractivity (Wildman–Crippen MR) is 53.1 cm³/mol. The monoisotopic (exact) mass is 227 g/mol. The average Bonchev–Trinajstić information content (AvgIpc) is 2.20. The van der Waals surface area contributed by atoms with Gasteiger partial charge in [-0.25, -0.2) is 4.98 Å². The van der Waals surface area contributed by atoms with Crippen molar-refractivity contribution >= 4 is 17.6 Å². The van der Waals surface area contributed by atoms with Crippen LogP contribution in [0.15, 0.2) is 18.3 Å². The summed E-state index contributed by atoms with van der Waals surface area (Å²) in [5.41, 5.74) is 5.57. The minimum atomic E-state index is -1.17. The molecule has 0 aliphatic carbocycles. The van der Waals surface area contributed by atoms with Crippen molar-refractivity contribution in [3.8, 4) is 0 Å². The average molecular weight is 227 g/mol. The van der Waals surface area contributed by atoms with Gasteiger partial charge in [0, 0.05) is 0 Å². The third kappa shape index (κ3) is 3.62. The fraction of sp³-hybridized carbons (Fsp3) is 0.222. The second-order valence-corrected chi connectivity index (χ2v) is 3.06. The van der Waals surface area contributed by atoms with Crippen LogP contribution in [0.25, 0.3) is 0 Å². The standard InChI is InChI=1S/C9H10FN3O3/c10-7-2-1-5(4-12-7)13-9(16)6(11)3-8(14)15/h1-2,4,6H,3,11H2,(H,13,16)(H,14,15). The molecule has 0 radical (unpaired) electrons. The smallest absolute Gasteiger partial charge is 0.305 e. The fourth-order valence-electron chi connectivity index (χ4n) is 0.966. The molecule has 1 amide bonds. The van der Waals surface area contributed by atoms with Gasteiger partial charge >= 0.3 is 5.97 Å². The number of carboxylic acid groups (broad SMARTS) is 1. The molecule has 0 spiro atoms. The Morgan fingerprint density at radius 1 is 1.56 bits per heavy atom. The largest absolute Gasteiger partial charge is 0.481 e. The number of nitrogens with zero attached hydrogens (tertiary/aromatic N) is 1. The molecular weight excluding hydrogens is 217 g/mol. The number of pyridine rings is 1. The van der Waals surface area contributed by atoms with E-state index in [0.717, 1.165) is 12.3 Å². The summed E-state index contributed by atoms with van der Waals surface area (Å²) in [6.45, 7) is 0. The summed E-state index contributed by atoms with van der Waals surface area (Å²) in [6, 6.07) is 1.22. The number of halogens is 1. The Balaban J connectivity index is 2.57. The van der Waals surface area contributed by atoms with Gasteiger partial charge in [-0.15, -0.1) is 0 Å². The quantitative estimate of drug-likeness (QED) is 0.626. The summed E-state index contributed by atoms with van der Waals surface area (Å²) in [5, 5.41) is 10.7. The molecule has 4 N–H and O–H groups in total. The van der Waals surface area contributed by atoms with Crippen LogP contribution in [0.1, 0.15) is 6.42 Å². The molecule has 1 unspecified atom stereocenters. The van der Waals surface area contributed by atoms with E-state index in [1.807, 2.05) is 0 Å². The lowest BCUT2D eigenvalue weighted by Gasteiger charge is -2.09. The van der Waals surface area contributed by atoms with E-state index in [2.05, 4.69) is 10.3 Å². The van der Waals surface area contributed by atoms with Crippen LogP contribution in [0.3, 0.4) is 0 Å².